The zero-order valence-electron chi connectivity index (χ0n) is 16.3. The first-order valence-corrected chi connectivity index (χ1v) is 9.30. The van der Waals surface area contributed by atoms with Crippen LogP contribution in [0.15, 0.2) is 24.5 Å². The molecule has 1 fully saturated rings. The fourth-order valence-electron chi connectivity index (χ4n) is 3.60. The van der Waals surface area contributed by atoms with Gasteiger partial charge in [-0.15, -0.1) is 0 Å². The highest BCUT2D eigenvalue weighted by molar-refractivity contribution is 5.78. The molecule has 0 aliphatic carbocycles. The largest absolute Gasteiger partial charge is 0.341 e. The van der Waals surface area contributed by atoms with Crippen LogP contribution in [0, 0.1) is 12.8 Å². The topological polar surface area (TPSA) is 54.3 Å². The maximum absolute atomic E-state index is 12.3. The van der Waals surface area contributed by atoms with Gasteiger partial charge in [-0.25, -0.2) is 4.98 Å². The maximum Gasteiger partial charge on any atom is 0.236 e. The van der Waals surface area contributed by atoms with E-state index in [0.717, 1.165) is 43.1 Å². The number of hydrogen-bond donors (Lipinski definition) is 0. The molecule has 1 aliphatic heterocycles. The minimum absolute atomic E-state index is 0.236. The van der Waals surface area contributed by atoms with Crippen molar-refractivity contribution in [2.75, 3.05) is 33.7 Å². The number of imidazole rings is 1. The molecule has 1 saturated heterocycles. The van der Waals surface area contributed by atoms with E-state index in [0.29, 0.717) is 12.5 Å². The zero-order valence-corrected chi connectivity index (χ0v) is 16.3. The van der Waals surface area contributed by atoms with E-state index in [-0.39, 0.29) is 5.91 Å². The maximum atomic E-state index is 12.3. The van der Waals surface area contributed by atoms with E-state index in [2.05, 4.69) is 26.7 Å². The zero-order chi connectivity index (χ0) is 18.7. The standard InChI is InChI=1S/C20H29N5O/c1-15-21-12-19(24(15)4)18-8-7-16(11-22-18)10-17-6-5-9-25(13-17)20(26)14-23(2)3/h7-8,11-12,17H,5-6,9-10,13-14H2,1-4H3. The highest BCUT2D eigenvalue weighted by Gasteiger charge is 2.24. The predicted molar refractivity (Wildman–Crippen MR) is 103 cm³/mol. The lowest BCUT2D eigenvalue weighted by Crippen LogP contribution is -2.44. The van der Waals surface area contributed by atoms with Gasteiger partial charge in [-0.3, -0.25) is 9.78 Å². The number of aryl methyl sites for hydroxylation is 1. The van der Waals surface area contributed by atoms with Gasteiger partial charge in [0.25, 0.3) is 0 Å². The molecule has 6 nitrogen and oxygen atoms in total. The fourth-order valence-corrected chi connectivity index (χ4v) is 3.60. The van der Waals surface area contributed by atoms with Crippen LogP contribution in [0.2, 0.25) is 0 Å². The van der Waals surface area contributed by atoms with E-state index in [4.69, 9.17) is 0 Å². The molecule has 0 radical (unpaired) electrons. The van der Waals surface area contributed by atoms with Gasteiger partial charge in [0.2, 0.25) is 5.91 Å². The van der Waals surface area contributed by atoms with Gasteiger partial charge in [-0.05, 0) is 57.8 Å². The van der Waals surface area contributed by atoms with Crippen molar-refractivity contribution in [2.24, 2.45) is 13.0 Å². The summed E-state index contributed by atoms with van der Waals surface area (Å²) in [6, 6.07) is 4.23. The molecule has 0 spiro atoms. The van der Waals surface area contributed by atoms with Crippen LogP contribution < -0.4 is 0 Å². The normalized spacial score (nSPS) is 17.7. The monoisotopic (exact) mass is 355 g/mol. The number of likely N-dealkylation sites (N-methyl/N-ethyl adjacent to an activating group) is 1. The molecule has 0 aromatic carbocycles. The van der Waals surface area contributed by atoms with E-state index >= 15 is 0 Å². The van der Waals surface area contributed by atoms with Gasteiger partial charge in [0.1, 0.15) is 5.82 Å². The molecule has 0 N–H and O–H groups in total. The smallest absolute Gasteiger partial charge is 0.236 e. The third-order valence-corrected chi connectivity index (χ3v) is 5.16. The van der Waals surface area contributed by atoms with Crippen LogP contribution in [-0.2, 0) is 18.3 Å². The van der Waals surface area contributed by atoms with E-state index in [1.807, 2.05) is 50.3 Å². The van der Waals surface area contributed by atoms with Crippen LogP contribution in [-0.4, -0.2) is 64.0 Å². The van der Waals surface area contributed by atoms with Crippen LogP contribution in [0.25, 0.3) is 11.4 Å². The van der Waals surface area contributed by atoms with Crippen LogP contribution in [0.3, 0.4) is 0 Å². The Morgan fingerprint density at radius 3 is 2.69 bits per heavy atom. The number of aromatic nitrogens is 3. The number of hydrogen-bond acceptors (Lipinski definition) is 4. The summed E-state index contributed by atoms with van der Waals surface area (Å²) >= 11 is 0. The summed E-state index contributed by atoms with van der Waals surface area (Å²) in [5.74, 6) is 1.73. The third-order valence-electron chi connectivity index (χ3n) is 5.16. The molecule has 2 aromatic heterocycles. The predicted octanol–water partition coefficient (Wildman–Crippen LogP) is 2.13. The van der Waals surface area contributed by atoms with Gasteiger partial charge in [0, 0.05) is 26.3 Å². The molecule has 1 aliphatic rings. The average molecular weight is 355 g/mol. The van der Waals surface area contributed by atoms with Crippen molar-refractivity contribution in [2.45, 2.75) is 26.2 Å². The van der Waals surface area contributed by atoms with Crippen molar-refractivity contribution >= 4 is 5.91 Å². The quantitative estimate of drug-likeness (QED) is 0.824. The van der Waals surface area contributed by atoms with Crippen molar-refractivity contribution in [3.05, 3.63) is 35.9 Å². The van der Waals surface area contributed by atoms with Crippen molar-refractivity contribution in [3.8, 4) is 11.4 Å². The molecule has 0 bridgehead atoms. The van der Waals surface area contributed by atoms with Gasteiger partial charge in [-0.1, -0.05) is 6.07 Å². The lowest BCUT2D eigenvalue weighted by Gasteiger charge is -2.33. The van der Waals surface area contributed by atoms with E-state index in [1.165, 1.54) is 12.0 Å². The first-order valence-electron chi connectivity index (χ1n) is 9.30. The number of likely N-dealkylation sites (tertiary alicyclic amines) is 1. The summed E-state index contributed by atoms with van der Waals surface area (Å²) in [7, 11) is 5.89. The van der Waals surface area contributed by atoms with Crippen LogP contribution in [0.5, 0.6) is 0 Å². The Kier molecular flexibility index (Phi) is 5.71. The second-order valence-electron chi connectivity index (χ2n) is 7.59. The fraction of sp³-hybridized carbons (Fsp3) is 0.550. The molecular weight excluding hydrogens is 326 g/mol. The highest BCUT2D eigenvalue weighted by atomic mass is 16.2. The number of rotatable bonds is 5. The summed E-state index contributed by atoms with van der Waals surface area (Å²) in [6.07, 6.45) is 7.08. The number of carbonyl (C=O) groups excluding carboxylic acids is 1. The van der Waals surface area contributed by atoms with Gasteiger partial charge in [-0.2, -0.15) is 0 Å². The number of amides is 1. The summed E-state index contributed by atoms with van der Waals surface area (Å²) in [6.45, 7) is 4.23. The first-order chi connectivity index (χ1) is 12.4. The van der Waals surface area contributed by atoms with E-state index in [9.17, 15) is 4.79 Å². The second-order valence-corrected chi connectivity index (χ2v) is 7.59. The van der Waals surface area contributed by atoms with Gasteiger partial charge in [0.05, 0.1) is 24.1 Å². The summed E-state index contributed by atoms with van der Waals surface area (Å²) in [4.78, 5) is 25.2. The van der Waals surface area contributed by atoms with Gasteiger partial charge in [0.15, 0.2) is 0 Å². The molecule has 3 rings (SSSR count). The Labute approximate surface area is 155 Å². The van der Waals surface area contributed by atoms with Crippen LogP contribution in [0.4, 0.5) is 0 Å². The van der Waals surface area contributed by atoms with Crippen molar-refractivity contribution in [1.82, 2.24) is 24.3 Å². The molecular formula is C20H29N5O. The number of pyridine rings is 1. The van der Waals surface area contributed by atoms with E-state index in [1.54, 1.807) is 0 Å². The molecule has 26 heavy (non-hydrogen) atoms. The lowest BCUT2D eigenvalue weighted by molar-refractivity contribution is -0.133. The Bertz CT molecular complexity index is 750. The molecule has 1 amide bonds. The summed E-state index contributed by atoms with van der Waals surface area (Å²) in [5, 5.41) is 0. The second kappa shape index (κ2) is 7.99. The molecule has 1 atom stereocenters. The molecule has 3 heterocycles. The lowest BCUT2D eigenvalue weighted by atomic mass is 9.91. The average Bonchev–Trinajstić information content (AvgIpc) is 2.94. The minimum atomic E-state index is 0.236. The van der Waals surface area contributed by atoms with Crippen molar-refractivity contribution in [1.29, 1.82) is 0 Å². The van der Waals surface area contributed by atoms with Gasteiger partial charge >= 0.3 is 0 Å². The minimum Gasteiger partial charge on any atom is -0.341 e. The summed E-state index contributed by atoms with van der Waals surface area (Å²) < 4.78 is 2.05. The Balaban J connectivity index is 1.62. The third kappa shape index (κ3) is 4.30. The number of nitrogens with zero attached hydrogens (tertiary/aromatic N) is 5. The molecule has 0 saturated carbocycles. The number of piperidine rings is 1. The summed E-state index contributed by atoms with van der Waals surface area (Å²) in [5.41, 5.74) is 3.22. The van der Waals surface area contributed by atoms with Crippen molar-refractivity contribution < 1.29 is 4.79 Å². The SMILES string of the molecule is Cc1ncc(-c2ccc(CC3CCCN(C(=O)CN(C)C)C3)cn2)n1C. The molecule has 2 aromatic rings. The first kappa shape index (κ1) is 18.6. The molecule has 140 valence electrons. The molecule has 1 unspecified atom stereocenters. The Morgan fingerprint density at radius 2 is 2.08 bits per heavy atom. The van der Waals surface area contributed by atoms with Crippen LogP contribution in [0.1, 0.15) is 24.2 Å². The number of carbonyl (C=O) groups is 1. The highest BCUT2D eigenvalue weighted by Crippen LogP contribution is 2.23. The Morgan fingerprint density at radius 1 is 1.27 bits per heavy atom. The van der Waals surface area contributed by atoms with Crippen molar-refractivity contribution in [3.63, 3.8) is 0 Å². The van der Waals surface area contributed by atoms with E-state index < -0.39 is 0 Å². The molecule has 6 heteroatoms. The van der Waals surface area contributed by atoms with Gasteiger partial charge < -0.3 is 14.4 Å². The van der Waals surface area contributed by atoms with Crippen LogP contribution >= 0.6 is 0 Å². The Hall–Kier alpha value is -2.21.